The van der Waals surface area contributed by atoms with Crippen molar-refractivity contribution < 1.29 is 14.3 Å². The van der Waals surface area contributed by atoms with Gasteiger partial charge in [0.05, 0.1) is 0 Å². The zero-order valence-corrected chi connectivity index (χ0v) is 9.66. The second kappa shape index (κ2) is 6.05. The van der Waals surface area contributed by atoms with E-state index >= 15 is 0 Å². The molecule has 0 unspecified atom stereocenters. The number of carbonyl (C=O) groups is 2. The predicted molar refractivity (Wildman–Crippen MR) is 61.9 cm³/mol. The van der Waals surface area contributed by atoms with Crippen LogP contribution >= 0.6 is 0 Å². The molecular formula is C13H16O3. The first-order chi connectivity index (χ1) is 7.65. The van der Waals surface area contributed by atoms with E-state index in [1.165, 1.54) is 6.92 Å². The summed E-state index contributed by atoms with van der Waals surface area (Å²) in [5, 5.41) is 0. The lowest BCUT2D eigenvalue weighted by Crippen LogP contribution is -2.03. The van der Waals surface area contributed by atoms with Crippen LogP contribution in [-0.2, 0) is 14.3 Å². The van der Waals surface area contributed by atoms with E-state index in [1.54, 1.807) is 0 Å². The number of carbonyl (C=O) groups excluding carboxylic acids is 2. The third-order valence-electron chi connectivity index (χ3n) is 2.28. The third-order valence-corrected chi connectivity index (χ3v) is 2.28. The zero-order chi connectivity index (χ0) is 12.0. The van der Waals surface area contributed by atoms with Crippen LogP contribution in [-0.4, -0.2) is 18.4 Å². The highest BCUT2D eigenvalue weighted by Crippen LogP contribution is 2.22. The van der Waals surface area contributed by atoms with Gasteiger partial charge in [-0.25, -0.2) is 4.79 Å². The van der Waals surface area contributed by atoms with Crippen molar-refractivity contribution in [2.75, 3.05) is 6.61 Å². The monoisotopic (exact) mass is 220 g/mol. The molecule has 0 spiro atoms. The predicted octanol–water partition coefficient (Wildman–Crippen LogP) is 2.34. The molecule has 3 heteroatoms. The molecule has 0 bridgehead atoms. The molecule has 1 rings (SSSR count). The number of esters is 1. The SMILES string of the molecule is CC=CC=CCC1=C(CC(C)=O)C(=O)OC1. The standard InChI is InChI=1S/C13H16O3/c1-3-4-5-6-7-11-9-16-13(15)12(11)8-10(2)14/h3-6H,7-9H2,1-2H3. The van der Waals surface area contributed by atoms with Crippen LogP contribution in [0.2, 0.25) is 0 Å². The van der Waals surface area contributed by atoms with Crippen molar-refractivity contribution >= 4 is 11.8 Å². The Morgan fingerprint density at radius 3 is 2.81 bits per heavy atom. The van der Waals surface area contributed by atoms with E-state index in [-0.39, 0.29) is 18.2 Å². The highest BCUT2D eigenvalue weighted by atomic mass is 16.5. The van der Waals surface area contributed by atoms with Crippen LogP contribution < -0.4 is 0 Å². The van der Waals surface area contributed by atoms with Crippen LogP contribution in [0.15, 0.2) is 35.5 Å². The maximum absolute atomic E-state index is 11.3. The lowest BCUT2D eigenvalue weighted by molar-refractivity contribution is -0.136. The molecule has 1 aliphatic heterocycles. The Balaban J connectivity index is 2.70. The average Bonchev–Trinajstić information content (AvgIpc) is 2.56. The number of hydrogen-bond donors (Lipinski definition) is 0. The minimum absolute atomic E-state index is 0.0104. The molecular weight excluding hydrogens is 204 g/mol. The molecule has 0 aliphatic carbocycles. The Labute approximate surface area is 95.5 Å². The van der Waals surface area contributed by atoms with Crippen LogP contribution in [0, 0.1) is 0 Å². The Morgan fingerprint density at radius 1 is 1.44 bits per heavy atom. The Bertz CT molecular complexity index is 373. The molecule has 0 amide bonds. The van der Waals surface area contributed by atoms with Crippen molar-refractivity contribution in [2.24, 2.45) is 0 Å². The summed E-state index contributed by atoms with van der Waals surface area (Å²) in [6, 6.07) is 0. The van der Waals surface area contributed by atoms with E-state index in [2.05, 4.69) is 0 Å². The summed E-state index contributed by atoms with van der Waals surface area (Å²) in [6.45, 7) is 3.74. The summed E-state index contributed by atoms with van der Waals surface area (Å²) in [7, 11) is 0. The van der Waals surface area contributed by atoms with E-state index in [4.69, 9.17) is 4.74 Å². The minimum Gasteiger partial charge on any atom is -0.458 e. The van der Waals surface area contributed by atoms with Crippen molar-refractivity contribution in [3.8, 4) is 0 Å². The van der Waals surface area contributed by atoms with Gasteiger partial charge in [-0.3, -0.25) is 4.79 Å². The summed E-state index contributed by atoms with van der Waals surface area (Å²) in [6.07, 6.45) is 8.57. The number of ether oxygens (including phenoxy) is 1. The lowest BCUT2D eigenvalue weighted by Gasteiger charge is -1.97. The molecule has 3 nitrogen and oxygen atoms in total. The molecule has 86 valence electrons. The number of hydrogen-bond acceptors (Lipinski definition) is 3. The summed E-state index contributed by atoms with van der Waals surface area (Å²) < 4.78 is 4.92. The van der Waals surface area contributed by atoms with E-state index < -0.39 is 0 Å². The Hall–Kier alpha value is -1.64. The van der Waals surface area contributed by atoms with Crippen LogP contribution in [0.1, 0.15) is 26.7 Å². The molecule has 1 heterocycles. The van der Waals surface area contributed by atoms with Crippen molar-refractivity contribution in [1.29, 1.82) is 0 Å². The van der Waals surface area contributed by atoms with E-state index in [9.17, 15) is 9.59 Å². The summed E-state index contributed by atoms with van der Waals surface area (Å²) >= 11 is 0. The molecule has 16 heavy (non-hydrogen) atoms. The fourth-order valence-electron chi connectivity index (χ4n) is 1.50. The number of rotatable bonds is 5. The van der Waals surface area contributed by atoms with Gasteiger partial charge >= 0.3 is 5.97 Å². The van der Waals surface area contributed by atoms with Crippen LogP contribution in [0.3, 0.4) is 0 Å². The summed E-state index contributed by atoms with van der Waals surface area (Å²) in [5.41, 5.74) is 1.46. The van der Waals surface area contributed by atoms with Crippen molar-refractivity contribution in [3.05, 3.63) is 35.5 Å². The highest BCUT2D eigenvalue weighted by Gasteiger charge is 2.24. The van der Waals surface area contributed by atoms with Gasteiger partial charge in [-0.2, -0.15) is 0 Å². The average molecular weight is 220 g/mol. The summed E-state index contributed by atoms with van der Waals surface area (Å²) in [5.74, 6) is -0.353. The number of ketones is 1. The molecule has 0 radical (unpaired) electrons. The zero-order valence-electron chi connectivity index (χ0n) is 9.66. The van der Waals surface area contributed by atoms with Gasteiger partial charge in [0.2, 0.25) is 0 Å². The van der Waals surface area contributed by atoms with Gasteiger partial charge in [0.15, 0.2) is 0 Å². The Morgan fingerprint density at radius 2 is 2.19 bits per heavy atom. The van der Waals surface area contributed by atoms with Gasteiger partial charge in [-0.05, 0) is 25.8 Å². The van der Waals surface area contributed by atoms with Gasteiger partial charge < -0.3 is 4.74 Å². The van der Waals surface area contributed by atoms with Crippen LogP contribution in [0.4, 0.5) is 0 Å². The maximum Gasteiger partial charge on any atom is 0.334 e. The fourth-order valence-corrected chi connectivity index (χ4v) is 1.50. The van der Waals surface area contributed by atoms with Crippen LogP contribution in [0.5, 0.6) is 0 Å². The lowest BCUT2D eigenvalue weighted by atomic mass is 10.0. The number of cyclic esters (lactones) is 1. The highest BCUT2D eigenvalue weighted by molar-refractivity contribution is 5.97. The molecule has 0 aromatic heterocycles. The molecule has 0 atom stereocenters. The second-order valence-corrected chi connectivity index (χ2v) is 3.70. The van der Waals surface area contributed by atoms with Gasteiger partial charge in [-0.15, -0.1) is 0 Å². The first kappa shape index (κ1) is 12.4. The topological polar surface area (TPSA) is 43.4 Å². The quantitative estimate of drug-likeness (QED) is 0.527. The maximum atomic E-state index is 11.3. The first-order valence-electron chi connectivity index (χ1n) is 5.30. The van der Waals surface area contributed by atoms with Crippen molar-refractivity contribution in [2.45, 2.75) is 26.7 Å². The normalized spacial score (nSPS) is 16.5. The number of allylic oxidation sites excluding steroid dienone is 4. The molecule has 0 saturated heterocycles. The molecule has 0 N–H and O–H groups in total. The summed E-state index contributed by atoms with van der Waals surface area (Å²) in [4.78, 5) is 22.3. The molecule has 0 saturated carbocycles. The second-order valence-electron chi connectivity index (χ2n) is 3.70. The van der Waals surface area contributed by atoms with Crippen molar-refractivity contribution in [3.63, 3.8) is 0 Å². The first-order valence-corrected chi connectivity index (χ1v) is 5.30. The van der Waals surface area contributed by atoms with Gasteiger partial charge in [0.25, 0.3) is 0 Å². The van der Waals surface area contributed by atoms with Gasteiger partial charge in [-0.1, -0.05) is 24.3 Å². The number of Topliss-reactive ketones (excluding diaryl/α,β-unsaturated/α-hetero) is 1. The van der Waals surface area contributed by atoms with Gasteiger partial charge in [0, 0.05) is 12.0 Å². The smallest absolute Gasteiger partial charge is 0.334 e. The Kier molecular flexibility index (Phi) is 4.70. The van der Waals surface area contributed by atoms with Crippen LogP contribution in [0.25, 0.3) is 0 Å². The molecule has 0 fully saturated rings. The van der Waals surface area contributed by atoms with E-state index in [0.717, 1.165) is 5.57 Å². The molecule has 1 aliphatic rings. The third kappa shape index (κ3) is 3.50. The van der Waals surface area contributed by atoms with E-state index in [1.807, 2.05) is 31.2 Å². The minimum atomic E-state index is -0.343. The molecule has 0 aromatic carbocycles. The van der Waals surface area contributed by atoms with Gasteiger partial charge in [0.1, 0.15) is 12.4 Å². The fraction of sp³-hybridized carbons (Fsp3) is 0.385. The van der Waals surface area contributed by atoms with Crippen molar-refractivity contribution in [1.82, 2.24) is 0 Å². The van der Waals surface area contributed by atoms with E-state index in [0.29, 0.717) is 18.6 Å². The largest absolute Gasteiger partial charge is 0.458 e. The molecule has 0 aromatic rings.